The summed E-state index contributed by atoms with van der Waals surface area (Å²) in [4.78, 5) is 72.0. The molecule has 312 valence electrons. The number of methoxy groups -OCH3 is 2. The van der Waals surface area contributed by atoms with E-state index in [1.165, 1.54) is 20.3 Å². The van der Waals surface area contributed by atoms with Crippen LogP contribution in [0.2, 0.25) is 0 Å². The summed E-state index contributed by atoms with van der Waals surface area (Å²) in [5.74, 6) is 0.225. The third kappa shape index (κ3) is 8.06. The van der Waals surface area contributed by atoms with Crippen molar-refractivity contribution in [3.05, 3.63) is 72.1 Å². The maximum Gasteiger partial charge on any atom is 0.407 e. The van der Waals surface area contributed by atoms with Gasteiger partial charge >= 0.3 is 12.2 Å². The van der Waals surface area contributed by atoms with Gasteiger partial charge in [-0.1, -0.05) is 52.0 Å². The number of fused-ring (bicyclic) bond motifs is 2. The fourth-order valence-corrected chi connectivity index (χ4v) is 8.62. The lowest BCUT2D eigenvalue weighted by atomic mass is 9.99. The number of ether oxygens (including phenoxy) is 2. The molecule has 0 spiro atoms. The number of nitrogens with zero attached hydrogens (tertiary/aromatic N) is 4. The second kappa shape index (κ2) is 16.7. The Bertz CT molecular complexity index is 2390. The number of aromatic amines is 2. The Morgan fingerprint density at radius 2 is 1.08 bits per heavy atom. The highest BCUT2D eigenvalue weighted by Crippen LogP contribution is 2.39. The maximum absolute atomic E-state index is 16.0. The summed E-state index contributed by atoms with van der Waals surface area (Å²) in [6, 6.07) is 14.2. The number of amides is 4. The van der Waals surface area contributed by atoms with Crippen molar-refractivity contribution in [2.75, 3.05) is 14.2 Å². The van der Waals surface area contributed by atoms with E-state index in [0.29, 0.717) is 46.7 Å². The molecule has 4 N–H and O–H groups in total. The number of nitrogens with one attached hydrogen (secondary N) is 4. The van der Waals surface area contributed by atoms with Gasteiger partial charge in [-0.05, 0) is 98.4 Å². The van der Waals surface area contributed by atoms with Gasteiger partial charge in [-0.15, -0.1) is 0 Å². The normalized spacial score (nSPS) is 20.4. The Balaban J connectivity index is 1.10. The van der Waals surface area contributed by atoms with E-state index in [9.17, 15) is 19.2 Å². The van der Waals surface area contributed by atoms with Crippen LogP contribution >= 0.6 is 0 Å². The predicted octanol–water partition coefficient (Wildman–Crippen LogP) is 7.78. The standard InChI is InChI=1S/C44H53FN8O6/c1-22(2)37(50-43(56)58-7)41(54)52-24(5)9-17-35(52)39-46-31-15-12-27(20-33(31)48-39)26-11-14-29(30(45)19-26)28-13-16-32-34(21-28)49-40(47-32)36-18-10-25(6)53(36)42(55)38(23(3)4)51-44(57)59-8/h11-16,19-25,35-38H,9-10,17-18H2,1-8H3,(H,46,48)(H,47,49)(H,50,56)(H,51,57)/t24-,25-,35-,36-,37-,38-/m0/s1. The number of H-pyrrole nitrogens is 2. The first kappa shape index (κ1) is 41.2. The van der Waals surface area contributed by atoms with Crippen LogP contribution in [0.4, 0.5) is 14.0 Å². The summed E-state index contributed by atoms with van der Waals surface area (Å²) in [5.41, 5.74) is 5.50. The van der Waals surface area contributed by atoms with E-state index in [0.717, 1.165) is 35.0 Å². The quantitative estimate of drug-likeness (QED) is 0.111. The molecule has 2 aliphatic rings. The molecule has 7 rings (SSSR count). The van der Waals surface area contributed by atoms with Crippen LogP contribution in [-0.2, 0) is 19.1 Å². The Hall–Kier alpha value is -5.99. The molecule has 0 saturated carbocycles. The second-order valence-electron chi connectivity index (χ2n) is 16.5. The number of rotatable bonds is 10. The summed E-state index contributed by atoms with van der Waals surface area (Å²) in [7, 11) is 2.55. The van der Waals surface area contributed by atoms with Crippen molar-refractivity contribution in [2.24, 2.45) is 11.8 Å². The van der Waals surface area contributed by atoms with Crippen molar-refractivity contribution in [2.45, 2.75) is 103 Å². The average molecular weight is 809 g/mol. The highest BCUT2D eigenvalue weighted by molar-refractivity contribution is 5.89. The molecule has 4 amide bonds. The van der Waals surface area contributed by atoms with Gasteiger partial charge in [0.15, 0.2) is 0 Å². The third-order valence-corrected chi connectivity index (χ3v) is 11.9. The summed E-state index contributed by atoms with van der Waals surface area (Å²) < 4.78 is 25.6. The van der Waals surface area contributed by atoms with Crippen molar-refractivity contribution >= 4 is 46.1 Å². The number of likely N-dealkylation sites (tertiary alicyclic amines) is 2. The largest absolute Gasteiger partial charge is 0.453 e. The minimum atomic E-state index is -0.753. The van der Waals surface area contributed by atoms with Gasteiger partial charge in [0.25, 0.3) is 0 Å². The topological polar surface area (TPSA) is 175 Å². The van der Waals surface area contributed by atoms with Crippen LogP contribution in [0, 0.1) is 17.7 Å². The second-order valence-corrected chi connectivity index (χ2v) is 16.5. The molecular formula is C44H53FN8O6. The Kier molecular flexibility index (Phi) is 11.7. The van der Waals surface area contributed by atoms with Gasteiger partial charge in [0.1, 0.15) is 29.5 Å². The van der Waals surface area contributed by atoms with Crippen LogP contribution in [-0.4, -0.2) is 92.1 Å². The molecule has 2 fully saturated rings. The number of halogens is 1. The van der Waals surface area contributed by atoms with Crippen LogP contribution in [0.5, 0.6) is 0 Å². The Morgan fingerprint density at radius 1 is 0.661 bits per heavy atom. The van der Waals surface area contributed by atoms with Crippen LogP contribution in [0.25, 0.3) is 44.3 Å². The zero-order valence-corrected chi connectivity index (χ0v) is 34.8. The lowest BCUT2D eigenvalue weighted by molar-refractivity contribution is -0.138. The van der Waals surface area contributed by atoms with Crippen LogP contribution in [0.1, 0.15) is 91.0 Å². The van der Waals surface area contributed by atoms with Crippen molar-refractivity contribution in [1.29, 1.82) is 0 Å². The van der Waals surface area contributed by atoms with Crippen LogP contribution < -0.4 is 10.6 Å². The van der Waals surface area contributed by atoms with E-state index in [-0.39, 0.29) is 53.6 Å². The number of imidazole rings is 2. The molecule has 2 aromatic heterocycles. The maximum atomic E-state index is 16.0. The smallest absolute Gasteiger partial charge is 0.407 e. The van der Waals surface area contributed by atoms with Gasteiger partial charge in [0.05, 0.1) is 48.4 Å². The zero-order chi connectivity index (χ0) is 42.3. The molecule has 14 nitrogen and oxygen atoms in total. The first-order valence-electron chi connectivity index (χ1n) is 20.3. The van der Waals surface area contributed by atoms with E-state index in [1.54, 1.807) is 11.0 Å². The number of aromatic nitrogens is 4. The molecule has 59 heavy (non-hydrogen) atoms. The van der Waals surface area contributed by atoms with Crippen LogP contribution in [0.15, 0.2) is 54.6 Å². The van der Waals surface area contributed by atoms with E-state index in [2.05, 4.69) is 20.6 Å². The van der Waals surface area contributed by atoms with Gasteiger partial charge in [0.2, 0.25) is 11.8 Å². The van der Waals surface area contributed by atoms with Crippen molar-refractivity contribution < 1.29 is 33.0 Å². The Labute approximate surface area is 342 Å². The van der Waals surface area contributed by atoms with Gasteiger partial charge < -0.3 is 39.9 Å². The van der Waals surface area contributed by atoms with Gasteiger partial charge in [-0.25, -0.2) is 23.9 Å². The lowest BCUT2D eigenvalue weighted by Gasteiger charge is -2.32. The lowest BCUT2D eigenvalue weighted by Crippen LogP contribution is -2.52. The minimum absolute atomic E-state index is 0.0486. The highest BCUT2D eigenvalue weighted by atomic mass is 19.1. The molecule has 5 aromatic rings. The fourth-order valence-electron chi connectivity index (χ4n) is 8.62. The molecule has 0 radical (unpaired) electrons. The third-order valence-electron chi connectivity index (χ3n) is 11.9. The van der Waals surface area contributed by atoms with E-state index in [1.807, 2.05) is 88.9 Å². The minimum Gasteiger partial charge on any atom is -0.453 e. The SMILES string of the molecule is COC(=O)N[C@H](C(=O)N1[C@@H](C)CC[C@H]1c1nc2ccc(-c3ccc(-c4ccc5nc([C@@H]6CC[C@H](C)N6C(=O)[C@@H](NC(=O)OC)C(C)C)[nH]c5c4)c(F)c3)cc2[nH]1)C(C)C. The number of benzene rings is 3. The van der Waals surface area contributed by atoms with Gasteiger partial charge in [-0.2, -0.15) is 0 Å². The van der Waals surface area contributed by atoms with E-state index in [4.69, 9.17) is 19.4 Å². The molecule has 0 unspecified atom stereocenters. The molecular weight excluding hydrogens is 756 g/mol. The first-order valence-corrected chi connectivity index (χ1v) is 20.3. The number of hydrogen-bond acceptors (Lipinski definition) is 8. The molecule has 0 bridgehead atoms. The highest BCUT2D eigenvalue weighted by Gasteiger charge is 2.42. The number of carbonyl (C=O) groups excluding carboxylic acids is 4. The zero-order valence-electron chi connectivity index (χ0n) is 34.8. The molecule has 2 saturated heterocycles. The van der Waals surface area contributed by atoms with E-state index >= 15 is 4.39 Å². The summed E-state index contributed by atoms with van der Waals surface area (Å²) >= 11 is 0. The summed E-state index contributed by atoms with van der Waals surface area (Å²) in [6.45, 7) is 11.5. The van der Waals surface area contributed by atoms with Gasteiger partial charge in [-0.3, -0.25) is 9.59 Å². The van der Waals surface area contributed by atoms with Crippen LogP contribution in [0.3, 0.4) is 0 Å². The van der Waals surface area contributed by atoms with E-state index < -0.39 is 24.3 Å². The average Bonchev–Trinajstić information content (AvgIpc) is 4.01. The Morgan fingerprint density at radius 3 is 1.53 bits per heavy atom. The van der Waals surface area contributed by atoms with Crippen molar-refractivity contribution in [3.8, 4) is 22.3 Å². The molecule has 3 aromatic carbocycles. The molecule has 0 aliphatic carbocycles. The first-order chi connectivity index (χ1) is 28.2. The van der Waals surface area contributed by atoms with Crippen molar-refractivity contribution in [3.63, 3.8) is 0 Å². The van der Waals surface area contributed by atoms with Gasteiger partial charge in [0, 0.05) is 17.6 Å². The summed E-state index contributed by atoms with van der Waals surface area (Å²) in [6.07, 6.45) is 1.68. The summed E-state index contributed by atoms with van der Waals surface area (Å²) in [5, 5.41) is 5.40. The predicted molar refractivity (Wildman–Crippen MR) is 221 cm³/mol. The fraction of sp³-hybridized carbons (Fsp3) is 0.455. The molecule has 2 aliphatic heterocycles. The molecule has 15 heteroatoms. The number of carbonyl (C=O) groups is 4. The monoisotopic (exact) mass is 808 g/mol. The van der Waals surface area contributed by atoms with Crippen molar-refractivity contribution in [1.82, 2.24) is 40.4 Å². The molecule has 4 heterocycles. The number of alkyl carbamates (subject to hydrolysis) is 2. The number of hydrogen-bond donors (Lipinski definition) is 4. The molecule has 6 atom stereocenters.